The fourth-order valence-corrected chi connectivity index (χ4v) is 3.93. The summed E-state index contributed by atoms with van der Waals surface area (Å²) in [4.78, 5) is 42.8. The average molecular weight is 415 g/mol. The van der Waals surface area contributed by atoms with Crippen LogP contribution >= 0.6 is 0 Å². The zero-order chi connectivity index (χ0) is 21.8. The van der Waals surface area contributed by atoms with Gasteiger partial charge in [-0.3, -0.25) is 14.6 Å². The number of nitrogens with zero attached hydrogens (tertiary/aromatic N) is 3. The molecule has 1 fully saturated rings. The Balaban J connectivity index is 1.96. The topological polar surface area (TPSA) is 82.2 Å². The Kier molecular flexibility index (Phi) is 6.77. The van der Waals surface area contributed by atoms with E-state index in [0.717, 1.165) is 11.1 Å². The number of carbonyl (C=O) groups is 3. The largest absolute Gasteiger partial charge is 0.463 e. The number of amides is 3. The number of ether oxygens (including phenoxy) is 1. The normalized spacial score (nSPS) is 20.3. The number of esters is 1. The molecule has 0 unspecified atom stereocenters. The van der Waals surface area contributed by atoms with E-state index in [-0.39, 0.29) is 18.5 Å². The van der Waals surface area contributed by atoms with Crippen molar-refractivity contribution in [3.05, 3.63) is 46.7 Å². The average Bonchev–Trinajstić information content (AvgIpc) is 2.71. The third-order valence-corrected chi connectivity index (χ3v) is 5.64. The van der Waals surface area contributed by atoms with E-state index in [2.05, 4.69) is 10.2 Å². The molecular weight excluding hydrogens is 384 g/mol. The molecule has 1 N–H and O–H groups in total. The van der Waals surface area contributed by atoms with E-state index >= 15 is 0 Å². The van der Waals surface area contributed by atoms with Crippen LogP contribution < -0.4 is 5.32 Å². The second-order valence-corrected chi connectivity index (χ2v) is 7.72. The molecule has 162 valence electrons. The van der Waals surface area contributed by atoms with Crippen molar-refractivity contribution in [3.8, 4) is 0 Å². The van der Waals surface area contributed by atoms with E-state index in [1.165, 1.54) is 4.90 Å². The quantitative estimate of drug-likeness (QED) is 0.742. The molecule has 3 amide bonds. The summed E-state index contributed by atoms with van der Waals surface area (Å²) in [6.07, 6.45) is 0. The van der Waals surface area contributed by atoms with Gasteiger partial charge in [-0.1, -0.05) is 29.8 Å². The molecule has 0 aromatic heterocycles. The van der Waals surface area contributed by atoms with Crippen LogP contribution in [0.5, 0.6) is 0 Å². The van der Waals surface area contributed by atoms with Gasteiger partial charge in [0.2, 0.25) is 5.91 Å². The van der Waals surface area contributed by atoms with Crippen LogP contribution in [0.1, 0.15) is 31.0 Å². The summed E-state index contributed by atoms with van der Waals surface area (Å²) in [5, 5.41) is 2.95. The monoisotopic (exact) mass is 414 g/mol. The Morgan fingerprint density at radius 2 is 1.90 bits per heavy atom. The number of nitrogens with one attached hydrogen (secondary N) is 1. The minimum absolute atomic E-state index is 0.0646. The molecule has 0 bridgehead atoms. The highest BCUT2D eigenvalue weighted by atomic mass is 16.5. The van der Waals surface area contributed by atoms with Crippen LogP contribution in [-0.2, 0) is 14.3 Å². The number of hydrogen-bond acceptors (Lipinski definition) is 5. The smallest absolute Gasteiger partial charge is 0.338 e. The van der Waals surface area contributed by atoms with Crippen LogP contribution in [0.4, 0.5) is 4.79 Å². The van der Waals surface area contributed by atoms with Crippen LogP contribution in [-0.4, -0.2) is 79.0 Å². The van der Waals surface area contributed by atoms with Crippen LogP contribution in [0.2, 0.25) is 0 Å². The van der Waals surface area contributed by atoms with Crippen molar-refractivity contribution < 1.29 is 19.1 Å². The zero-order valence-electron chi connectivity index (χ0n) is 18.1. The lowest BCUT2D eigenvalue weighted by molar-refractivity contribution is -0.139. The minimum Gasteiger partial charge on any atom is -0.463 e. The molecule has 1 atom stereocenters. The molecule has 0 aliphatic carbocycles. The molecule has 8 nitrogen and oxygen atoms in total. The molecule has 2 aliphatic heterocycles. The molecule has 0 saturated carbocycles. The highest BCUT2D eigenvalue weighted by Crippen LogP contribution is 2.32. The van der Waals surface area contributed by atoms with E-state index in [4.69, 9.17) is 4.74 Å². The molecule has 1 aromatic carbocycles. The van der Waals surface area contributed by atoms with Gasteiger partial charge < -0.3 is 15.0 Å². The van der Waals surface area contributed by atoms with Gasteiger partial charge in [-0.25, -0.2) is 9.59 Å². The second-order valence-electron chi connectivity index (χ2n) is 7.72. The number of benzene rings is 1. The fraction of sp³-hybridized carbons (Fsp3) is 0.500. The predicted molar refractivity (Wildman–Crippen MR) is 113 cm³/mol. The number of piperazine rings is 1. The van der Waals surface area contributed by atoms with Crippen molar-refractivity contribution in [1.82, 2.24) is 20.0 Å². The van der Waals surface area contributed by atoms with Gasteiger partial charge in [0.05, 0.1) is 18.2 Å². The lowest BCUT2D eigenvalue weighted by atomic mass is 9.93. The SMILES string of the molecule is CCOC(=O)C1=C(CN2CCN(C(C)=O)CC2)N(C)C(=O)N[C@H]1c1cccc(C)c1. The van der Waals surface area contributed by atoms with Crippen LogP contribution in [0.25, 0.3) is 0 Å². The lowest BCUT2D eigenvalue weighted by Crippen LogP contribution is -2.52. The standard InChI is InChI=1S/C22H30N4O4/c1-5-30-21(28)19-18(14-25-9-11-26(12-10-25)16(3)27)24(4)22(29)23-20(19)17-8-6-7-15(2)13-17/h6-8,13,20H,5,9-12,14H2,1-4H3,(H,23,29)/t20-/m0/s1. The van der Waals surface area contributed by atoms with Gasteiger partial charge in [-0.2, -0.15) is 0 Å². The third-order valence-electron chi connectivity index (χ3n) is 5.64. The summed E-state index contributed by atoms with van der Waals surface area (Å²) in [6, 6.07) is 6.94. The summed E-state index contributed by atoms with van der Waals surface area (Å²) in [5.74, 6) is -0.358. The molecule has 30 heavy (non-hydrogen) atoms. The Morgan fingerprint density at radius 1 is 1.20 bits per heavy atom. The van der Waals surface area contributed by atoms with E-state index in [9.17, 15) is 14.4 Å². The molecular formula is C22H30N4O4. The minimum atomic E-state index is -0.568. The molecule has 2 heterocycles. The maximum atomic E-state index is 13.0. The number of likely N-dealkylation sites (N-methyl/N-ethyl adjacent to an activating group) is 1. The molecule has 8 heteroatoms. The van der Waals surface area contributed by atoms with Crippen molar-refractivity contribution >= 4 is 17.9 Å². The van der Waals surface area contributed by atoms with E-state index < -0.39 is 12.0 Å². The van der Waals surface area contributed by atoms with Gasteiger partial charge in [-0.05, 0) is 19.4 Å². The highest BCUT2D eigenvalue weighted by Gasteiger charge is 2.37. The van der Waals surface area contributed by atoms with Gasteiger partial charge in [0.15, 0.2) is 0 Å². The maximum Gasteiger partial charge on any atom is 0.338 e. The number of urea groups is 1. The first kappa shape index (κ1) is 21.8. The Morgan fingerprint density at radius 3 is 2.50 bits per heavy atom. The van der Waals surface area contributed by atoms with Crippen molar-refractivity contribution in [2.75, 3.05) is 46.4 Å². The van der Waals surface area contributed by atoms with Crippen molar-refractivity contribution in [3.63, 3.8) is 0 Å². The summed E-state index contributed by atoms with van der Waals surface area (Å²) in [5.41, 5.74) is 2.99. The number of hydrogen-bond donors (Lipinski definition) is 1. The van der Waals surface area contributed by atoms with E-state index in [0.29, 0.717) is 44.0 Å². The van der Waals surface area contributed by atoms with Crippen LogP contribution in [0.15, 0.2) is 35.5 Å². The van der Waals surface area contributed by atoms with Crippen LogP contribution in [0.3, 0.4) is 0 Å². The first-order valence-corrected chi connectivity index (χ1v) is 10.3. The summed E-state index contributed by atoms with van der Waals surface area (Å²) < 4.78 is 5.37. The Labute approximate surface area is 177 Å². The van der Waals surface area contributed by atoms with Crippen molar-refractivity contribution in [2.24, 2.45) is 0 Å². The first-order chi connectivity index (χ1) is 14.3. The molecule has 3 rings (SSSR count). The van der Waals surface area contributed by atoms with Crippen molar-refractivity contribution in [2.45, 2.75) is 26.8 Å². The predicted octanol–water partition coefficient (Wildman–Crippen LogP) is 1.67. The van der Waals surface area contributed by atoms with Gasteiger partial charge in [0.25, 0.3) is 0 Å². The summed E-state index contributed by atoms with van der Waals surface area (Å²) in [6.45, 7) is 8.64. The number of aryl methyl sites for hydroxylation is 1. The maximum absolute atomic E-state index is 13.0. The number of rotatable bonds is 5. The van der Waals surface area contributed by atoms with Gasteiger partial charge in [0, 0.05) is 52.4 Å². The lowest BCUT2D eigenvalue weighted by Gasteiger charge is -2.39. The second kappa shape index (κ2) is 9.30. The number of carbonyl (C=O) groups excluding carboxylic acids is 3. The first-order valence-electron chi connectivity index (χ1n) is 10.3. The highest BCUT2D eigenvalue weighted by molar-refractivity contribution is 5.95. The Bertz CT molecular complexity index is 858. The summed E-state index contributed by atoms with van der Waals surface area (Å²) >= 11 is 0. The summed E-state index contributed by atoms with van der Waals surface area (Å²) in [7, 11) is 1.67. The zero-order valence-corrected chi connectivity index (χ0v) is 18.1. The Hall–Kier alpha value is -2.87. The molecule has 2 aliphatic rings. The van der Waals surface area contributed by atoms with Crippen molar-refractivity contribution in [1.29, 1.82) is 0 Å². The third kappa shape index (κ3) is 4.64. The molecule has 1 saturated heterocycles. The molecule has 0 spiro atoms. The van der Waals surface area contributed by atoms with Gasteiger partial charge in [0.1, 0.15) is 0 Å². The molecule has 0 radical (unpaired) electrons. The van der Waals surface area contributed by atoms with Crippen LogP contribution in [0, 0.1) is 6.92 Å². The van der Waals surface area contributed by atoms with E-state index in [1.807, 2.05) is 36.1 Å². The van der Waals surface area contributed by atoms with Gasteiger partial charge in [-0.15, -0.1) is 0 Å². The molecule has 1 aromatic rings. The van der Waals surface area contributed by atoms with E-state index in [1.54, 1.807) is 20.9 Å². The van der Waals surface area contributed by atoms with Gasteiger partial charge >= 0.3 is 12.0 Å². The fourth-order valence-electron chi connectivity index (χ4n) is 3.93.